The van der Waals surface area contributed by atoms with Gasteiger partial charge in [-0.1, -0.05) is 71.9 Å². The molecule has 3 aromatic carbocycles. The van der Waals surface area contributed by atoms with E-state index >= 15 is 0 Å². The van der Waals surface area contributed by atoms with Crippen molar-refractivity contribution in [1.82, 2.24) is 4.57 Å². The minimum atomic E-state index is -0.658. The molecular weight excluding hydrogens is 434 g/mol. The molecule has 0 fully saturated rings. The van der Waals surface area contributed by atoms with Gasteiger partial charge >= 0.3 is 5.63 Å². The van der Waals surface area contributed by atoms with Crippen LogP contribution in [0.15, 0.2) is 96.6 Å². The van der Waals surface area contributed by atoms with Crippen LogP contribution in [-0.4, -0.2) is 9.67 Å². The minimum absolute atomic E-state index is 0.0164. The van der Waals surface area contributed by atoms with E-state index in [4.69, 9.17) is 4.42 Å². The fourth-order valence-electron chi connectivity index (χ4n) is 4.77. The SMILES string of the molecule is Cc1cccc(Sc2c(O)c3c(=O)n4c5c(cccc5c3oc2=O)CC4c2ccccc2)c1. The number of para-hydroxylation sites is 1. The topological polar surface area (TPSA) is 72.4 Å². The van der Waals surface area contributed by atoms with Crippen LogP contribution in [0.5, 0.6) is 5.75 Å². The minimum Gasteiger partial charge on any atom is -0.505 e. The molecule has 5 nitrogen and oxygen atoms in total. The third-order valence-corrected chi connectivity index (χ3v) is 7.27. The highest BCUT2D eigenvalue weighted by Crippen LogP contribution is 2.41. The summed E-state index contributed by atoms with van der Waals surface area (Å²) in [6, 6.07) is 23.0. The summed E-state index contributed by atoms with van der Waals surface area (Å²) < 4.78 is 7.44. The summed E-state index contributed by atoms with van der Waals surface area (Å²) >= 11 is 1.10. The van der Waals surface area contributed by atoms with Crippen LogP contribution in [0.2, 0.25) is 0 Å². The second kappa shape index (κ2) is 7.39. The predicted octanol–water partition coefficient (Wildman–Crippen LogP) is 5.42. The molecule has 6 heteroatoms. The molecule has 1 unspecified atom stereocenters. The Morgan fingerprint density at radius 3 is 2.58 bits per heavy atom. The summed E-state index contributed by atoms with van der Waals surface area (Å²) in [7, 11) is 0. The molecule has 33 heavy (non-hydrogen) atoms. The first-order valence-corrected chi connectivity index (χ1v) is 11.5. The average molecular weight is 454 g/mol. The number of hydrogen-bond acceptors (Lipinski definition) is 5. The third-order valence-electron chi connectivity index (χ3n) is 6.22. The fourth-order valence-corrected chi connectivity index (χ4v) is 5.72. The summed E-state index contributed by atoms with van der Waals surface area (Å²) in [6.45, 7) is 1.95. The van der Waals surface area contributed by atoms with Gasteiger partial charge in [0, 0.05) is 10.3 Å². The van der Waals surface area contributed by atoms with Crippen molar-refractivity contribution in [3.05, 3.63) is 110 Å². The average Bonchev–Trinajstić information content (AvgIpc) is 3.21. The lowest BCUT2D eigenvalue weighted by molar-refractivity contribution is 0.446. The fraction of sp³-hybridized carbons (Fsp3) is 0.111. The third kappa shape index (κ3) is 3.02. The Labute approximate surface area is 192 Å². The van der Waals surface area contributed by atoms with E-state index in [1.165, 1.54) is 0 Å². The molecule has 1 N–H and O–H groups in total. The van der Waals surface area contributed by atoms with E-state index in [9.17, 15) is 14.7 Å². The normalized spacial score (nSPS) is 14.9. The molecule has 1 atom stereocenters. The highest BCUT2D eigenvalue weighted by molar-refractivity contribution is 7.99. The standard InChI is InChI=1S/C27H19NO4S/c1-15-7-5-11-18(13-15)33-25-23(29)21-24(32-27(25)31)19-12-6-10-17-14-20(16-8-3-2-4-9-16)28(22(17)19)26(21)30/h2-13,20,29H,14H2,1H3. The molecule has 0 aliphatic carbocycles. The molecule has 0 saturated heterocycles. The van der Waals surface area contributed by atoms with E-state index in [0.29, 0.717) is 11.8 Å². The summed E-state index contributed by atoms with van der Waals surface area (Å²) in [5.41, 5.74) is 2.94. The molecule has 6 rings (SSSR count). The molecular formula is C27H19NO4S. The molecule has 0 bridgehead atoms. The van der Waals surface area contributed by atoms with Crippen molar-refractivity contribution in [1.29, 1.82) is 0 Å². The molecule has 1 aliphatic heterocycles. The number of fused-ring (bicyclic) bond motifs is 2. The highest BCUT2D eigenvalue weighted by Gasteiger charge is 2.31. The van der Waals surface area contributed by atoms with Gasteiger partial charge in [0.15, 0.2) is 11.3 Å². The first-order chi connectivity index (χ1) is 16.0. The lowest BCUT2D eigenvalue weighted by atomic mass is 10.0. The number of aromatic nitrogens is 1. The zero-order valence-corrected chi connectivity index (χ0v) is 18.6. The second-order valence-electron chi connectivity index (χ2n) is 8.31. The smallest absolute Gasteiger partial charge is 0.354 e. The molecule has 0 spiro atoms. The van der Waals surface area contributed by atoms with E-state index in [0.717, 1.165) is 38.9 Å². The first-order valence-electron chi connectivity index (χ1n) is 10.7. The number of benzene rings is 3. The Hall–Kier alpha value is -3.77. The molecule has 0 saturated carbocycles. The maximum atomic E-state index is 13.8. The van der Waals surface area contributed by atoms with Gasteiger partial charge in [-0.2, -0.15) is 0 Å². The largest absolute Gasteiger partial charge is 0.505 e. The van der Waals surface area contributed by atoms with E-state index in [1.807, 2.05) is 79.7 Å². The van der Waals surface area contributed by atoms with Gasteiger partial charge in [0.25, 0.3) is 5.56 Å². The zero-order chi connectivity index (χ0) is 22.7. The summed E-state index contributed by atoms with van der Waals surface area (Å²) in [5, 5.41) is 11.9. The molecule has 2 aromatic heterocycles. The summed E-state index contributed by atoms with van der Waals surface area (Å²) in [5.74, 6) is -0.326. The van der Waals surface area contributed by atoms with Crippen LogP contribution in [0.1, 0.15) is 22.7 Å². The van der Waals surface area contributed by atoms with Gasteiger partial charge in [-0.25, -0.2) is 4.79 Å². The Morgan fingerprint density at radius 1 is 1.00 bits per heavy atom. The maximum Gasteiger partial charge on any atom is 0.354 e. The van der Waals surface area contributed by atoms with Crippen molar-refractivity contribution in [3.8, 4) is 5.75 Å². The number of rotatable bonds is 3. The van der Waals surface area contributed by atoms with Crippen molar-refractivity contribution in [2.45, 2.75) is 29.2 Å². The van der Waals surface area contributed by atoms with Crippen LogP contribution in [0.3, 0.4) is 0 Å². The monoisotopic (exact) mass is 453 g/mol. The lowest BCUT2D eigenvalue weighted by Crippen LogP contribution is -2.24. The number of nitrogens with zero attached hydrogens (tertiary/aromatic N) is 1. The van der Waals surface area contributed by atoms with Gasteiger partial charge in [0.05, 0.1) is 11.6 Å². The Kier molecular flexibility index (Phi) is 4.45. The molecule has 162 valence electrons. The van der Waals surface area contributed by atoms with E-state index < -0.39 is 5.63 Å². The molecule has 1 aliphatic rings. The van der Waals surface area contributed by atoms with Crippen LogP contribution in [0.25, 0.3) is 21.9 Å². The van der Waals surface area contributed by atoms with Crippen LogP contribution in [0, 0.1) is 6.92 Å². The van der Waals surface area contributed by atoms with Crippen LogP contribution >= 0.6 is 11.8 Å². The van der Waals surface area contributed by atoms with Crippen LogP contribution in [0.4, 0.5) is 0 Å². The quantitative estimate of drug-likeness (QED) is 0.370. The van der Waals surface area contributed by atoms with Gasteiger partial charge in [-0.05, 0) is 42.7 Å². The highest BCUT2D eigenvalue weighted by atomic mass is 32.2. The Bertz CT molecular complexity index is 1690. The predicted molar refractivity (Wildman–Crippen MR) is 130 cm³/mol. The van der Waals surface area contributed by atoms with Gasteiger partial charge in [0.1, 0.15) is 10.3 Å². The summed E-state index contributed by atoms with van der Waals surface area (Å²) in [4.78, 5) is 27.5. The van der Waals surface area contributed by atoms with Gasteiger partial charge in [-0.3, -0.25) is 9.36 Å². The molecule has 5 aromatic rings. The van der Waals surface area contributed by atoms with Gasteiger partial charge < -0.3 is 9.52 Å². The molecule has 3 heterocycles. The number of aryl methyl sites for hydroxylation is 1. The van der Waals surface area contributed by atoms with E-state index in [2.05, 4.69) is 0 Å². The van der Waals surface area contributed by atoms with Crippen molar-refractivity contribution in [3.63, 3.8) is 0 Å². The Balaban J connectivity index is 1.66. The number of pyridine rings is 1. The maximum absolute atomic E-state index is 13.8. The van der Waals surface area contributed by atoms with Gasteiger partial charge in [-0.15, -0.1) is 0 Å². The van der Waals surface area contributed by atoms with Crippen molar-refractivity contribution in [2.24, 2.45) is 0 Å². The number of aromatic hydroxyl groups is 1. The van der Waals surface area contributed by atoms with Gasteiger partial charge in [0.2, 0.25) is 0 Å². The van der Waals surface area contributed by atoms with E-state index in [-0.39, 0.29) is 33.2 Å². The van der Waals surface area contributed by atoms with Crippen molar-refractivity contribution >= 4 is 33.6 Å². The zero-order valence-electron chi connectivity index (χ0n) is 17.7. The van der Waals surface area contributed by atoms with Crippen LogP contribution < -0.4 is 11.2 Å². The Morgan fingerprint density at radius 2 is 1.79 bits per heavy atom. The van der Waals surface area contributed by atoms with Crippen LogP contribution in [-0.2, 0) is 6.42 Å². The van der Waals surface area contributed by atoms with Crippen molar-refractivity contribution < 1.29 is 9.52 Å². The summed E-state index contributed by atoms with van der Waals surface area (Å²) in [6.07, 6.45) is 0.656. The first kappa shape index (κ1) is 19.9. The van der Waals surface area contributed by atoms with E-state index in [1.54, 1.807) is 4.57 Å². The second-order valence-corrected chi connectivity index (χ2v) is 9.39. The molecule has 0 radical (unpaired) electrons. The molecule has 0 amide bonds. The number of hydrogen-bond donors (Lipinski definition) is 1. The van der Waals surface area contributed by atoms with Crippen molar-refractivity contribution in [2.75, 3.05) is 0 Å². The lowest BCUT2D eigenvalue weighted by Gasteiger charge is -2.16.